The molecule has 1 heterocycles. The molecule has 0 aliphatic rings. The first kappa shape index (κ1) is 15.1. The third-order valence-corrected chi connectivity index (χ3v) is 4.59. The van der Waals surface area contributed by atoms with Gasteiger partial charge in [0, 0.05) is 6.42 Å². The minimum Gasteiger partial charge on any atom is -0.308 e. The number of hydrogen-bond donors (Lipinski definition) is 1. The molecule has 3 nitrogen and oxygen atoms in total. The van der Waals surface area contributed by atoms with Gasteiger partial charge in [-0.3, -0.25) is 0 Å². The summed E-state index contributed by atoms with van der Waals surface area (Å²) in [6.45, 7) is 7.52. The third-order valence-electron chi connectivity index (χ3n) is 3.42. The van der Waals surface area contributed by atoms with Gasteiger partial charge in [-0.1, -0.05) is 42.5 Å². The first-order valence-corrected chi connectivity index (χ1v) is 8.12. The number of aryl methyl sites for hydroxylation is 3. The number of nitrogens with zero attached hydrogens (tertiary/aromatic N) is 2. The molecule has 108 valence electrons. The third kappa shape index (κ3) is 4.12. The van der Waals surface area contributed by atoms with Crippen LogP contribution in [0.2, 0.25) is 0 Å². The highest BCUT2D eigenvalue weighted by molar-refractivity contribution is 7.11. The fourth-order valence-corrected chi connectivity index (χ4v) is 2.99. The molecule has 2 rings (SSSR count). The lowest BCUT2D eigenvalue weighted by atomic mass is 10.0. The summed E-state index contributed by atoms with van der Waals surface area (Å²) < 4.78 is 0. The average molecular weight is 289 g/mol. The monoisotopic (exact) mass is 289 g/mol. The van der Waals surface area contributed by atoms with Crippen LogP contribution < -0.4 is 5.32 Å². The van der Waals surface area contributed by atoms with Gasteiger partial charge in [0.2, 0.25) is 0 Å². The van der Waals surface area contributed by atoms with Crippen molar-refractivity contribution in [2.45, 2.75) is 46.1 Å². The van der Waals surface area contributed by atoms with E-state index in [2.05, 4.69) is 60.6 Å². The van der Waals surface area contributed by atoms with Crippen LogP contribution >= 0.6 is 11.3 Å². The Morgan fingerprint density at radius 1 is 1.20 bits per heavy atom. The minimum atomic E-state index is 0.305. The topological polar surface area (TPSA) is 37.8 Å². The fourth-order valence-electron chi connectivity index (χ4n) is 2.12. The van der Waals surface area contributed by atoms with Crippen LogP contribution in [0, 0.1) is 6.92 Å². The summed E-state index contributed by atoms with van der Waals surface area (Å²) in [5, 5.41) is 14.3. The van der Waals surface area contributed by atoms with Crippen molar-refractivity contribution in [2.24, 2.45) is 0 Å². The molecule has 1 atom stereocenters. The second kappa shape index (κ2) is 7.50. The van der Waals surface area contributed by atoms with Crippen LogP contribution in [0.1, 0.15) is 47.5 Å². The van der Waals surface area contributed by atoms with E-state index in [1.807, 2.05) is 0 Å². The van der Waals surface area contributed by atoms with E-state index in [1.54, 1.807) is 11.3 Å². The van der Waals surface area contributed by atoms with Crippen molar-refractivity contribution in [2.75, 3.05) is 6.54 Å². The Morgan fingerprint density at radius 2 is 2.00 bits per heavy atom. The number of rotatable bonds is 7. The average Bonchev–Trinajstić information content (AvgIpc) is 2.93. The molecular formula is C16H23N3S. The molecule has 2 aromatic rings. The van der Waals surface area contributed by atoms with Gasteiger partial charge in [-0.15, -0.1) is 10.2 Å². The van der Waals surface area contributed by atoms with Crippen molar-refractivity contribution in [1.82, 2.24) is 15.5 Å². The molecule has 20 heavy (non-hydrogen) atoms. The molecule has 0 aliphatic heterocycles. The van der Waals surface area contributed by atoms with Crippen molar-refractivity contribution in [3.63, 3.8) is 0 Å². The highest BCUT2D eigenvalue weighted by Crippen LogP contribution is 2.19. The number of hydrogen-bond acceptors (Lipinski definition) is 4. The molecule has 4 heteroatoms. The summed E-state index contributed by atoms with van der Waals surface area (Å²) in [5.74, 6) is 0. The zero-order valence-electron chi connectivity index (χ0n) is 12.5. The van der Waals surface area contributed by atoms with Crippen molar-refractivity contribution in [3.05, 3.63) is 45.4 Å². The number of nitrogens with one attached hydrogen (secondary N) is 1. The zero-order valence-corrected chi connectivity index (χ0v) is 13.3. The fraction of sp³-hybridized carbons (Fsp3) is 0.500. The summed E-state index contributed by atoms with van der Waals surface area (Å²) in [6, 6.07) is 8.85. The van der Waals surface area contributed by atoms with Gasteiger partial charge in [0.25, 0.3) is 0 Å². The first-order chi connectivity index (χ1) is 9.70. The van der Waals surface area contributed by atoms with E-state index in [4.69, 9.17) is 0 Å². The van der Waals surface area contributed by atoms with E-state index >= 15 is 0 Å². The Morgan fingerprint density at radius 3 is 2.75 bits per heavy atom. The highest BCUT2D eigenvalue weighted by atomic mass is 32.1. The zero-order chi connectivity index (χ0) is 14.4. The van der Waals surface area contributed by atoms with Crippen molar-refractivity contribution in [1.29, 1.82) is 0 Å². The van der Waals surface area contributed by atoms with E-state index in [9.17, 15) is 0 Å². The Balaban J connectivity index is 1.91. The summed E-state index contributed by atoms with van der Waals surface area (Å²) in [5.41, 5.74) is 2.76. The van der Waals surface area contributed by atoms with E-state index in [0.29, 0.717) is 6.04 Å². The quantitative estimate of drug-likeness (QED) is 0.844. The van der Waals surface area contributed by atoms with Gasteiger partial charge >= 0.3 is 0 Å². The van der Waals surface area contributed by atoms with Gasteiger partial charge in [0.15, 0.2) is 0 Å². The van der Waals surface area contributed by atoms with Crippen LogP contribution in [0.3, 0.4) is 0 Å². The van der Waals surface area contributed by atoms with Gasteiger partial charge < -0.3 is 5.32 Å². The molecule has 1 N–H and O–H groups in total. The van der Waals surface area contributed by atoms with E-state index in [1.165, 1.54) is 11.1 Å². The summed E-state index contributed by atoms with van der Waals surface area (Å²) in [4.78, 5) is 0. The highest BCUT2D eigenvalue weighted by Gasteiger charge is 2.11. The predicted octanol–water partition coefficient (Wildman–Crippen LogP) is 3.69. The Labute approximate surface area is 125 Å². The van der Waals surface area contributed by atoms with Gasteiger partial charge in [0.1, 0.15) is 10.0 Å². The van der Waals surface area contributed by atoms with Crippen molar-refractivity contribution < 1.29 is 0 Å². The lowest BCUT2D eigenvalue weighted by Gasteiger charge is -2.08. The standard InChI is InChI=1S/C16H23N3S/c1-4-11-17-13(3)16-19-18-15(20-16)10-9-14-8-6-5-7-12(14)2/h5-8,13,17H,4,9-11H2,1-3H3. The SMILES string of the molecule is CCCNC(C)c1nnc(CCc2ccccc2C)s1. The van der Waals surface area contributed by atoms with Crippen LogP contribution in [0.15, 0.2) is 24.3 Å². The summed E-state index contributed by atoms with van der Waals surface area (Å²) in [7, 11) is 0. The number of aromatic nitrogens is 2. The van der Waals surface area contributed by atoms with E-state index < -0.39 is 0 Å². The maximum Gasteiger partial charge on any atom is 0.134 e. The number of benzene rings is 1. The lowest BCUT2D eigenvalue weighted by molar-refractivity contribution is 0.564. The normalized spacial score (nSPS) is 12.6. The molecule has 0 saturated carbocycles. The molecule has 0 radical (unpaired) electrons. The van der Waals surface area contributed by atoms with Gasteiger partial charge in [-0.2, -0.15) is 0 Å². The van der Waals surface area contributed by atoms with Crippen molar-refractivity contribution >= 4 is 11.3 Å². The van der Waals surface area contributed by atoms with Crippen LogP contribution in [0.4, 0.5) is 0 Å². The van der Waals surface area contributed by atoms with Gasteiger partial charge in [0.05, 0.1) is 6.04 Å². The predicted molar refractivity (Wildman–Crippen MR) is 85.2 cm³/mol. The van der Waals surface area contributed by atoms with E-state index in [0.717, 1.165) is 35.8 Å². The minimum absolute atomic E-state index is 0.305. The Hall–Kier alpha value is -1.26. The smallest absolute Gasteiger partial charge is 0.134 e. The summed E-state index contributed by atoms with van der Waals surface area (Å²) in [6.07, 6.45) is 3.16. The molecular weight excluding hydrogens is 266 g/mol. The van der Waals surface area contributed by atoms with Crippen LogP contribution in [-0.4, -0.2) is 16.7 Å². The molecule has 0 saturated heterocycles. The molecule has 1 unspecified atom stereocenters. The molecule has 0 amide bonds. The Bertz CT molecular complexity index is 536. The van der Waals surface area contributed by atoms with E-state index in [-0.39, 0.29) is 0 Å². The molecule has 0 fully saturated rings. The van der Waals surface area contributed by atoms with Gasteiger partial charge in [-0.25, -0.2) is 0 Å². The summed E-state index contributed by atoms with van der Waals surface area (Å²) >= 11 is 1.73. The van der Waals surface area contributed by atoms with Crippen molar-refractivity contribution in [3.8, 4) is 0 Å². The van der Waals surface area contributed by atoms with Crippen LogP contribution in [-0.2, 0) is 12.8 Å². The first-order valence-electron chi connectivity index (χ1n) is 7.31. The van der Waals surface area contributed by atoms with Gasteiger partial charge in [-0.05, 0) is 44.4 Å². The Kier molecular flexibility index (Phi) is 5.68. The molecule has 1 aromatic carbocycles. The largest absolute Gasteiger partial charge is 0.308 e. The molecule has 0 aliphatic carbocycles. The maximum absolute atomic E-state index is 4.32. The molecule has 0 spiro atoms. The molecule has 0 bridgehead atoms. The van der Waals surface area contributed by atoms with Crippen LogP contribution in [0.5, 0.6) is 0 Å². The molecule has 1 aromatic heterocycles. The maximum atomic E-state index is 4.32. The second-order valence-corrected chi connectivity index (χ2v) is 6.23. The lowest BCUT2D eigenvalue weighted by Crippen LogP contribution is -2.18. The second-order valence-electron chi connectivity index (χ2n) is 5.14. The van der Waals surface area contributed by atoms with Crippen LogP contribution in [0.25, 0.3) is 0 Å².